The first kappa shape index (κ1) is 16.1. The van der Waals surface area contributed by atoms with Crippen LogP contribution in [0.25, 0.3) is 0 Å². The summed E-state index contributed by atoms with van der Waals surface area (Å²) in [5.74, 6) is -0.757. The largest absolute Gasteiger partial charge is 0.481 e. The number of nitrogens with one attached hydrogen (secondary N) is 1. The van der Waals surface area contributed by atoms with Crippen LogP contribution in [0.4, 0.5) is 4.79 Å². The van der Waals surface area contributed by atoms with Crippen LogP contribution in [0, 0.1) is 11.3 Å². The number of carboxylic acid groups (broad SMARTS) is 1. The summed E-state index contributed by atoms with van der Waals surface area (Å²) in [6.07, 6.45) is 6.04. The van der Waals surface area contributed by atoms with Gasteiger partial charge in [0, 0.05) is 18.6 Å². The van der Waals surface area contributed by atoms with Crippen LogP contribution < -0.4 is 5.32 Å². The maximum atomic E-state index is 12.5. The molecule has 1 saturated carbocycles. The number of carbonyl (C=O) groups excluding carboxylic acids is 1. The molecule has 120 valence electrons. The van der Waals surface area contributed by atoms with E-state index in [1.807, 2.05) is 4.90 Å². The summed E-state index contributed by atoms with van der Waals surface area (Å²) in [5, 5.41) is 12.6. The van der Waals surface area contributed by atoms with Gasteiger partial charge in [-0.05, 0) is 58.3 Å². The highest BCUT2D eigenvalue weighted by molar-refractivity contribution is 5.76. The van der Waals surface area contributed by atoms with E-state index in [4.69, 9.17) is 0 Å². The van der Waals surface area contributed by atoms with Crippen LogP contribution in [-0.4, -0.2) is 40.6 Å². The van der Waals surface area contributed by atoms with E-state index in [0.29, 0.717) is 6.54 Å². The number of hydrogen-bond donors (Lipinski definition) is 2. The topological polar surface area (TPSA) is 69.6 Å². The average molecular weight is 296 g/mol. The number of likely N-dealkylation sites (tertiary alicyclic amines) is 1. The normalized spacial score (nSPS) is 25.1. The van der Waals surface area contributed by atoms with Gasteiger partial charge in [0.2, 0.25) is 0 Å². The fourth-order valence-electron chi connectivity index (χ4n) is 3.40. The molecule has 1 atom stereocenters. The summed E-state index contributed by atoms with van der Waals surface area (Å²) >= 11 is 0. The number of amides is 2. The zero-order chi connectivity index (χ0) is 15.7. The molecule has 0 radical (unpaired) electrons. The van der Waals surface area contributed by atoms with Crippen molar-refractivity contribution in [2.45, 2.75) is 64.8 Å². The van der Waals surface area contributed by atoms with Gasteiger partial charge in [0.25, 0.3) is 0 Å². The lowest BCUT2D eigenvalue weighted by atomic mass is 9.74. The summed E-state index contributed by atoms with van der Waals surface area (Å²) in [5.41, 5.74) is -0.787. The number of carbonyl (C=O) groups is 2. The Morgan fingerprint density at radius 3 is 2.48 bits per heavy atom. The third-order valence-corrected chi connectivity index (χ3v) is 5.64. The fourth-order valence-corrected chi connectivity index (χ4v) is 3.40. The van der Waals surface area contributed by atoms with Crippen LogP contribution in [0.2, 0.25) is 0 Å². The number of urea groups is 1. The Bertz CT molecular complexity index is 410. The number of piperidine rings is 1. The van der Waals surface area contributed by atoms with Crippen molar-refractivity contribution in [3.8, 4) is 0 Å². The van der Waals surface area contributed by atoms with Crippen molar-refractivity contribution in [2.24, 2.45) is 11.3 Å². The van der Waals surface area contributed by atoms with Gasteiger partial charge in [0.1, 0.15) is 0 Å². The lowest BCUT2D eigenvalue weighted by molar-refractivity contribution is -0.151. The van der Waals surface area contributed by atoms with Crippen molar-refractivity contribution in [2.75, 3.05) is 13.1 Å². The smallest absolute Gasteiger partial charge is 0.317 e. The lowest BCUT2D eigenvalue weighted by Crippen LogP contribution is -2.58. The number of rotatable bonds is 4. The molecule has 21 heavy (non-hydrogen) atoms. The first-order valence-electron chi connectivity index (χ1n) is 8.11. The molecule has 0 aromatic rings. The van der Waals surface area contributed by atoms with E-state index in [-0.39, 0.29) is 17.5 Å². The molecular formula is C16H28N2O3. The maximum absolute atomic E-state index is 12.5. The minimum absolute atomic E-state index is 0.00760. The van der Waals surface area contributed by atoms with Crippen molar-refractivity contribution in [1.82, 2.24) is 10.2 Å². The maximum Gasteiger partial charge on any atom is 0.317 e. The molecule has 2 amide bonds. The monoisotopic (exact) mass is 296 g/mol. The van der Waals surface area contributed by atoms with E-state index >= 15 is 0 Å². The van der Waals surface area contributed by atoms with E-state index in [1.165, 1.54) is 6.42 Å². The zero-order valence-corrected chi connectivity index (χ0v) is 13.4. The van der Waals surface area contributed by atoms with Gasteiger partial charge in [-0.3, -0.25) is 4.79 Å². The van der Waals surface area contributed by atoms with E-state index in [0.717, 1.165) is 38.6 Å². The molecule has 1 heterocycles. The van der Waals surface area contributed by atoms with Crippen LogP contribution >= 0.6 is 0 Å². The van der Waals surface area contributed by atoms with Crippen molar-refractivity contribution in [1.29, 1.82) is 0 Å². The first-order valence-corrected chi connectivity index (χ1v) is 8.11. The Morgan fingerprint density at radius 2 is 2.00 bits per heavy atom. The molecule has 2 fully saturated rings. The zero-order valence-electron chi connectivity index (χ0n) is 13.4. The van der Waals surface area contributed by atoms with Gasteiger partial charge < -0.3 is 15.3 Å². The summed E-state index contributed by atoms with van der Waals surface area (Å²) < 4.78 is 0. The second-order valence-corrected chi connectivity index (χ2v) is 7.23. The molecule has 1 aliphatic carbocycles. The molecule has 1 unspecified atom stereocenters. The lowest BCUT2D eigenvalue weighted by Gasteiger charge is -2.45. The third kappa shape index (κ3) is 3.16. The van der Waals surface area contributed by atoms with Crippen molar-refractivity contribution >= 4 is 12.0 Å². The summed E-state index contributed by atoms with van der Waals surface area (Å²) in [4.78, 5) is 25.7. The van der Waals surface area contributed by atoms with Gasteiger partial charge in [-0.2, -0.15) is 0 Å². The molecule has 5 heteroatoms. The molecule has 2 N–H and O–H groups in total. The molecular weight excluding hydrogens is 268 g/mol. The standard InChI is InChI=1S/C16H28N2O3/c1-4-16(8-6-9-16)17-14(21)18-10-5-7-12(11-18)15(2,3)13(19)20/h12H,4-11H2,1-3H3,(H,17,21)(H,19,20). The van der Waals surface area contributed by atoms with Crippen LogP contribution in [0.15, 0.2) is 0 Å². The number of hydrogen-bond acceptors (Lipinski definition) is 2. The van der Waals surface area contributed by atoms with Crippen molar-refractivity contribution in [3.63, 3.8) is 0 Å². The second kappa shape index (κ2) is 5.85. The predicted octanol–water partition coefficient (Wildman–Crippen LogP) is 2.85. The van der Waals surface area contributed by atoms with Crippen molar-refractivity contribution in [3.05, 3.63) is 0 Å². The highest BCUT2D eigenvalue weighted by Crippen LogP contribution is 2.36. The van der Waals surface area contributed by atoms with Crippen LogP contribution in [-0.2, 0) is 4.79 Å². The van der Waals surface area contributed by atoms with Crippen LogP contribution in [0.3, 0.4) is 0 Å². The van der Waals surface area contributed by atoms with Gasteiger partial charge in [0.05, 0.1) is 5.41 Å². The number of nitrogens with zero attached hydrogens (tertiary/aromatic N) is 1. The molecule has 1 aliphatic heterocycles. The molecule has 0 bridgehead atoms. The van der Waals surface area contributed by atoms with Crippen LogP contribution in [0.5, 0.6) is 0 Å². The van der Waals surface area contributed by atoms with E-state index in [1.54, 1.807) is 13.8 Å². The van der Waals surface area contributed by atoms with E-state index in [9.17, 15) is 14.7 Å². The molecule has 1 saturated heterocycles. The highest BCUT2D eigenvalue weighted by Gasteiger charge is 2.42. The quantitative estimate of drug-likeness (QED) is 0.838. The van der Waals surface area contributed by atoms with Gasteiger partial charge in [0.15, 0.2) is 0 Å². The first-order chi connectivity index (χ1) is 9.81. The van der Waals surface area contributed by atoms with E-state index < -0.39 is 11.4 Å². The fraction of sp³-hybridized carbons (Fsp3) is 0.875. The Kier molecular flexibility index (Phi) is 4.49. The summed E-state index contributed by atoms with van der Waals surface area (Å²) in [7, 11) is 0. The van der Waals surface area contributed by atoms with Crippen LogP contribution in [0.1, 0.15) is 59.3 Å². The molecule has 5 nitrogen and oxygen atoms in total. The Balaban J connectivity index is 1.97. The van der Waals surface area contributed by atoms with Crippen molar-refractivity contribution < 1.29 is 14.7 Å². The predicted molar refractivity (Wildman–Crippen MR) is 81.1 cm³/mol. The summed E-state index contributed by atoms with van der Waals surface area (Å²) in [6, 6.07) is -0.0116. The molecule has 0 aromatic heterocycles. The molecule has 0 aromatic carbocycles. The van der Waals surface area contributed by atoms with Gasteiger partial charge in [-0.15, -0.1) is 0 Å². The molecule has 2 aliphatic rings. The molecule has 0 spiro atoms. The third-order valence-electron chi connectivity index (χ3n) is 5.64. The molecule has 2 rings (SSSR count). The number of carboxylic acids is 1. The average Bonchev–Trinajstić information content (AvgIpc) is 2.42. The minimum atomic E-state index is -0.780. The second-order valence-electron chi connectivity index (χ2n) is 7.23. The Labute approximate surface area is 127 Å². The van der Waals surface area contributed by atoms with Gasteiger partial charge >= 0.3 is 12.0 Å². The SMILES string of the molecule is CCC1(NC(=O)N2CCCC(C(C)(C)C(=O)O)C2)CCC1. The summed E-state index contributed by atoms with van der Waals surface area (Å²) in [6.45, 7) is 6.93. The highest BCUT2D eigenvalue weighted by atomic mass is 16.4. The number of aliphatic carboxylic acids is 1. The van der Waals surface area contributed by atoms with E-state index in [2.05, 4.69) is 12.2 Å². The Hall–Kier alpha value is -1.26. The minimum Gasteiger partial charge on any atom is -0.481 e. The Morgan fingerprint density at radius 1 is 1.33 bits per heavy atom. The van der Waals surface area contributed by atoms with Gasteiger partial charge in [-0.25, -0.2) is 4.79 Å². The van der Waals surface area contributed by atoms with Gasteiger partial charge in [-0.1, -0.05) is 6.92 Å².